The van der Waals surface area contributed by atoms with Crippen molar-refractivity contribution in [2.75, 3.05) is 26.8 Å². The largest absolute Gasteiger partial charge is 0.383 e. The fraction of sp³-hybridized carbons (Fsp3) is 1.00. The lowest BCUT2D eigenvalue weighted by molar-refractivity contribution is -0.158. The van der Waals surface area contributed by atoms with E-state index in [1.54, 1.807) is 7.11 Å². The first-order valence-electron chi connectivity index (χ1n) is 4.84. The van der Waals surface area contributed by atoms with Crippen molar-refractivity contribution in [1.82, 2.24) is 4.90 Å². The van der Waals surface area contributed by atoms with Gasteiger partial charge >= 0.3 is 6.61 Å². The molecule has 2 fully saturated rings. The van der Waals surface area contributed by atoms with Gasteiger partial charge in [0.25, 0.3) is 0 Å². The van der Waals surface area contributed by atoms with Crippen molar-refractivity contribution in [3.63, 3.8) is 0 Å². The van der Waals surface area contributed by atoms with E-state index in [-0.39, 0.29) is 11.6 Å². The van der Waals surface area contributed by atoms with E-state index < -0.39 is 6.61 Å². The zero-order valence-corrected chi connectivity index (χ0v) is 8.21. The SMILES string of the molecule is COC[C@]12CCN1C[C@@H](OC(F)F)C2. The summed E-state index contributed by atoms with van der Waals surface area (Å²) in [6, 6.07) is 0. The van der Waals surface area contributed by atoms with Gasteiger partial charge < -0.3 is 9.47 Å². The average Bonchev–Trinajstić information content (AvgIpc) is 2.29. The number of ether oxygens (including phenoxy) is 2. The number of nitrogens with zero attached hydrogens (tertiary/aromatic N) is 1. The predicted octanol–water partition coefficient (Wildman–Crippen LogP) is 1.09. The molecule has 2 aliphatic heterocycles. The van der Waals surface area contributed by atoms with Gasteiger partial charge in [-0.3, -0.25) is 4.90 Å². The number of rotatable bonds is 4. The molecule has 0 amide bonds. The van der Waals surface area contributed by atoms with Crippen LogP contribution in [0.2, 0.25) is 0 Å². The monoisotopic (exact) mass is 207 g/mol. The second-order valence-corrected chi connectivity index (χ2v) is 4.08. The highest BCUT2D eigenvalue weighted by Gasteiger charge is 2.52. The summed E-state index contributed by atoms with van der Waals surface area (Å²) in [5.41, 5.74) is -0.00565. The van der Waals surface area contributed by atoms with Crippen LogP contribution in [0.4, 0.5) is 8.78 Å². The van der Waals surface area contributed by atoms with Gasteiger partial charge in [0.2, 0.25) is 0 Å². The standard InChI is InChI=1S/C9H15F2NO2/c1-13-6-9-2-3-12(9)5-7(4-9)14-8(10)11/h7-8H,2-6H2,1H3/t7-,9+/m0/s1. The quantitative estimate of drug-likeness (QED) is 0.688. The average molecular weight is 207 g/mol. The van der Waals surface area contributed by atoms with Crippen LogP contribution in [0.5, 0.6) is 0 Å². The zero-order chi connectivity index (χ0) is 10.2. The Morgan fingerprint density at radius 3 is 2.86 bits per heavy atom. The molecule has 0 bridgehead atoms. The second kappa shape index (κ2) is 3.72. The molecule has 2 atom stereocenters. The fourth-order valence-electron chi connectivity index (χ4n) is 2.56. The summed E-state index contributed by atoms with van der Waals surface area (Å²) in [4.78, 5) is 2.18. The minimum absolute atomic E-state index is 0.00565. The van der Waals surface area contributed by atoms with Crippen molar-refractivity contribution in [2.45, 2.75) is 31.1 Å². The molecule has 0 unspecified atom stereocenters. The van der Waals surface area contributed by atoms with Crippen molar-refractivity contribution in [3.05, 3.63) is 0 Å². The number of fused-ring (bicyclic) bond motifs is 1. The van der Waals surface area contributed by atoms with E-state index >= 15 is 0 Å². The van der Waals surface area contributed by atoms with E-state index in [0.29, 0.717) is 19.6 Å². The maximum atomic E-state index is 12.0. The molecule has 0 radical (unpaired) electrons. The summed E-state index contributed by atoms with van der Waals surface area (Å²) in [6.07, 6.45) is 1.38. The lowest BCUT2D eigenvalue weighted by Crippen LogP contribution is -2.58. The Balaban J connectivity index is 1.91. The molecule has 3 nitrogen and oxygen atoms in total. The minimum Gasteiger partial charge on any atom is -0.383 e. The number of hydrogen-bond acceptors (Lipinski definition) is 3. The van der Waals surface area contributed by atoms with E-state index in [9.17, 15) is 8.78 Å². The van der Waals surface area contributed by atoms with Crippen molar-refractivity contribution in [3.8, 4) is 0 Å². The summed E-state index contributed by atoms with van der Waals surface area (Å²) >= 11 is 0. The van der Waals surface area contributed by atoms with Crippen LogP contribution in [-0.4, -0.2) is 50.0 Å². The molecule has 0 N–H and O–H groups in total. The summed E-state index contributed by atoms with van der Waals surface area (Å²) in [5, 5.41) is 0. The molecule has 0 aromatic carbocycles. The first-order chi connectivity index (χ1) is 6.66. The van der Waals surface area contributed by atoms with Gasteiger partial charge in [-0.25, -0.2) is 0 Å². The molecule has 0 aliphatic carbocycles. The lowest BCUT2D eigenvalue weighted by atomic mass is 9.85. The summed E-state index contributed by atoms with van der Waals surface area (Å²) in [7, 11) is 1.65. The molecule has 82 valence electrons. The number of hydrogen-bond donors (Lipinski definition) is 0. The van der Waals surface area contributed by atoms with Crippen LogP contribution in [0.1, 0.15) is 12.8 Å². The maximum absolute atomic E-state index is 12.0. The van der Waals surface area contributed by atoms with Gasteiger partial charge in [-0.1, -0.05) is 0 Å². The minimum atomic E-state index is -2.65. The van der Waals surface area contributed by atoms with E-state index in [1.807, 2.05) is 0 Å². The first kappa shape index (κ1) is 10.3. The van der Waals surface area contributed by atoms with Gasteiger partial charge in [-0.2, -0.15) is 8.78 Å². The van der Waals surface area contributed by atoms with Crippen LogP contribution >= 0.6 is 0 Å². The highest BCUT2D eigenvalue weighted by atomic mass is 19.3. The molecule has 0 spiro atoms. The summed E-state index contributed by atoms with van der Waals surface area (Å²) in [5.74, 6) is 0. The van der Waals surface area contributed by atoms with Gasteiger partial charge in [0, 0.05) is 25.7 Å². The molecule has 0 saturated carbocycles. The first-order valence-corrected chi connectivity index (χ1v) is 4.84. The number of halogens is 2. The molecular weight excluding hydrogens is 192 g/mol. The summed E-state index contributed by atoms with van der Waals surface area (Å²) < 4.78 is 33.7. The molecule has 2 aliphatic rings. The summed E-state index contributed by atoms with van der Waals surface area (Å²) in [6.45, 7) is -0.436. The Morgan fingerprint density at radius 2 is 2.36 bits per heavy atom. The van der Waals surface area contributed by atoms with Crippen LogP contribution in [0.25, 0.3) is 0 Å². The van der Waals surface area contributed by atoms with Crippen LogP contribution in [-0.2, 0) is 9.47 Å². The lowest BCUT2D eigenvalue weighted by Gasteiger charge is -2.47. The maximum Gasteiger partial charge on any atom is 0.345 e. The number of methoxy groups -OCH3 is 1. The Bertz CT molecular complexity index is 215. The Labute approximate surface area is 82.0 Å². The van der Waals surface area contributed by atoms with Crippen LogP contribution in [0, 0.1) is 0 Å². The van der Waals surface area contributed by atoms with Crippen molar-refractivity contribution in [2.24, 2.45) is 0 Å². The third kappa shape index (κ3) is 1.64. The van der Waals surface area contributed by atoms with Gasteiger partial charge in [0.1, 0.15) is 0 Å². The smallest absolute Gasteiger partial charge is 0.345 e. The highest BCUT2D eigenvalue weighted by Crippen LogP contribution is 2.41. The topological polar surface area (TPSA) is 21.7 Å². The molecule has 0 aromatic rings. The van der Waals surface area contributed by atoms with Crippen molar-refractivity contribution < 1.29 is 18.3 Å². The van der Waals surface area contributed by atoms with Crippen LogP contribution in [0.15, 0.2) is 0 Å². The van der Waals surface area contributed by atoms with E-state index in [1.165, 1.54) is 0 Å². The third-order valence-corrected chi connectivity index (χ3v) is 3.26. The molecule has 14 heavy (non-hydrogen) atoms. The van der Waals surface area contributed by atoms with Gasteiger partial charge in [0.05, 0.1) is 12.7 Å². The van der Waals surface area contributed by atoms with Crippen molar-refractivity contribution >= 4 is 0 Å². The molecule has 0 aromatic heterocycles. The Kier molecular flexibility index (Phi) is 2.72. The highest BCUT2D eigenvalue weighted by molar-refractivity contribution is 5.07. The number of alkyl halides is 2. The van der Waals surface area contributed by atoms with Crippen LogP contribution in [0.3, 0.4) is 0 Å². The molecule has 5 heteroatoms. The second-order valence-electron chi connectivity index (χ2n) is 4.08. The molecule has 2 heterocycles. The van der Waals surface area contributed by atoms with Gasteiger partial charge in [-0.05, 0) is 12.8 Å². The van der Waals surface area contributed by atoms with E-state index in [0.717, 1.165) is 13.0 Å². The predicted molar refractivity (Wildman–Crippen MR) is 46.3 cm³/mol. The molecule has 2 saturated heterocycles. The van der Waals surface area contributed by atoms with Gasteiger partial charge in [-0.15, -0.1) is 0 Å². The third-order valence-electron chi connectivity index (χ3n) is 3.26. The van der Waals surface area contributed by atoms with E-state index in [2.05, 4.69) is 9.64 Å². The molecular formula is C9H15F2NO2. The van der Waals surface area contributed by atoms with Gasteiger partial charge in [0.15, 0.2) is 0 Å². The zero-order valence-electron chi connectivity index (χ0n) is 8.21. The Morgan fingerprint density at radius 1 is 1.57 bits per heavy atom. The Hall–Kier alpha value is -0.260. The fourth-order valence-corrected chi connectivity index (χ4v) is 2.56. The van der Waals surface area contributed by atoms with Crippen LogP contribution < -0.4 is 0 Å². The molecule has 2 rings (SSSR count). The normalized spacial score (nSPS) is 37.3. The van der Waals surface area contributed by atoms with Crippen molar-refractivity contribution in [1.29, 1.82) is 0 Å². The van der Waals surface area contributed by atoms with E-state index in [4.69, 9.17) is 4.74 Å².